The summed E-state index contributed by atoms with van der Waals surface area (Å²) in [6, 6.07) is 16.7. The van der Waals surface area contributed by atoms with Gasteiger partial charge in [0.1, 0.15) is 0 Å². The van der Waals surface area contributed by atoms with E-state index in [-0.39, 0.29) is 0 Å². The number of para-hydroxylation sites is 1. The number of hydrogen-bond donors (Lipinski definition) is 0. The zero-order valence-corrected chi connectivity index (χ0v) is 13.6. The maximum atomic E-state index is 4.56. The molecule has 0 bridgehead atoms. The Hall–Kier alpha value is -2.53. The van der Waals surface area contributed by atoms with E-state index < -0.39 is 0 Å². The van der Waals surface area contributed by atoms with Crippen LogP contribution in [0.25, 0.3) is 5.69 Å². The number of likely N-dealkylation sites (tertiary alicyclic amines) is 1. The standard InChI is InChI=1S/C19H21N5/c1-2-8-17(9-3-1)24-15-16(21-22-24)14-23-13-7-5-11-19(23)18-10-4-6-12-20-18/h1-4,6,8-10,12,15,19H,5,7,11,13-14H2/t19-/m1/s1. The van der Waals surface area contributed by atoms with Gasteiger partial charge in [0.2, 0.25) is 0 Å². The molecule has 5 nitrogen and oxygen atoms in total. The van der Waals surface area contributed by atoms with Crippen LogP contribution in [0.4, 0.5) is 0 Å². The maximum absolute atomic E-state index is 4.56. The third kappa shape index (κ3) is 3.21. The highest BCUT2D eigenvalue weighted by molar-refractivity contribution is 5.29. The summed E-state index contributed by atoms with van der Waals surface area (Å²) in [5.41, 5.74) is 3.20. The van der Waals surface area contributed by atoms with Gasteiger partial charge in [-0.25, -0.2) is 4.68 Å². The molecule has 122 valence electrons. The molecule has 0 saturated carbocycles. The zero-order valence-electron chi connectivity index (χ0n) is 13.6. The second kappa shape index (κ2) is 6.93. The van der Waals surface area contributed by atoms with Crippen molar-refractivity contribution in [2.75, 3.05) is 6.54 Å². The van der Waals surface area contributed by atoms with Crippen LogP contribution < -0.4 is 0 Å². The third-order valence-electron chi connectivity index (χ3n) is 4.57. The number of piperidine rings is 1. The van der Waals surface area contributed by atoms with Gasteiger partial charge >= 0.3 is 0 Å². The van der Waals surface area contributed by atoms with E-state index in [9.17, 15) is 0 Å². The van der Waals surface area contributed by atoms with Crippen molar-refractivity contribution in [3.05, 3.63) is 72.3 Å². The van der Waals surface area contributed by atoms with Gasteiger partial charge in [-0.15, -0.1) is 5.10 Å². The lowest BCUT2D eigenvalue weighted by molar-refractivity contribution is 0.135. The van der Waals surface area contributed by atoms with E-state index >= 15 is 0 Å². The van der Waals surface area contributed by atoms with Crippen molar-refractivity contribution >= 4 is 0 Å². The fourth-order valence-electron chi connectivity index (χ4n) is 3.37. The van der Waals surface area contributed by atoms with Crippen molar-refractivity contribution in [1.82, 2.24) is 24.9 Å². The molecule has 1 saturated heterocycles. The smallest absolute Gasteiger partial charge is 0.0972 e. The second-order valence-corrected chi connectivity index (χ2v) is 6.23. The Bertz CT molecular complexity index is 769. The van der Waals surface area contributed by atoms with Gasteiger partial charge in [0.15, 0.2) is 0 Å². The lowest BCUT2D eigenvalue weighted by atomic mass is 9.98. The first-order valence-electron chi connectivity index (χ1n) is 8.52. The molecule has 5 heteroatoms. The van der Waals surface area contributed by atoms with Crippen molar-refractivity contribution < 1.29 is 0 Å². The molecule has 0 unspecified atom stereocenters. The molecule has 3 heterocycles. The van der Waals surface area contributed by atoms with E-state index in [1.165, 1.54) is 12.8 Å². The summed E-state index contributed by atoms with van der Waals surface area (Å²) in [7, 11) is 0. The van der Waals surface area contributed by atoms with E-state index in [0.717, 1.165) is 36.6 Å². The van der Waals surface area contributed by atoms with Crippen molar-refractivity contribution in [2.45, 2.75) is 31.8 Å². The monoisotopic (exact) mass is 319 g/mol. The average molecular weight is 319 g/mol. The van der Waals surface area contributed by atoms with Crippen LogP contribution in [0.1, 0.15) is 36.7 Å². The molecule has 3 aromatic rings. The largest absolute Gasteiger partial charge is 0.289 e. The first kappa shape index (κ1) is 15.0. The van der Waals surface area contributed by atoms with Gasteiger partial charge in [0.05, 0.1) is 29.3 Å². The van der Waals surface area contributed by atoms with Crippen LogP contribution in [0.5, 0.6) is 0 Å². The minimum absolute atomic E-state index is 0.377. The van der Waals surface area contributed by atoms with Crippen molar-refractivity contribution in [3.8, 4) is 5.69 Å². The highest BCUT2D eigenvalue weighted by Crippen LogP contribution is 2.30. The predicted molar refractivity (Wildman–Crippen MR) is 92.6 cm³/mol. The Morgan fingerprint density at radius 3 is 2.71 bits per heavy atom. The van der Waals surface area contributed by atoms with Crippen LogP contribution in [0.3, 0.4) is 0 Å². The summed E-state index contributed by atoms with van der Waals surface area (Å²) in [5.74, 6) is 0. The summed E-state index contributed by atoms with van der Waals surface area (Å²) in [4.78, 5) is 7.04. The number of hydrogen-bond acceptors (Lipinski definition) is 4. The molecule has 24 heavy (non-hydrogen) atoms. The highest BCUT2D eigenvalue weighted by Gasteiger charge is 2.25. The minimum atomic E-state index is 0.377. The van der Waals surface area contributed by atoms with Gasteiger partial charge in [0, 0.05) is 12.7 Å². The lowest BCUT2D eigenvalue weighted by Crippen LogP contribution is -2.33. The van der Waals surface area contributed by atoms with Crippen molar-refractivity contribution in [1.29, 1.82) is 0 Å². The Balaban J connectivity index is 1.52. The highest BCUT2D eigenvalue weighted by atomic mass is 15.4. The molecular formula is C19H21N5. The van der Waals surface area contributed by atoms with E-state index in [2.05, 4.69) is 32.3 Å². The predicted octanol–water partition coefficient (Wildman–Crippen LogP) is 3.39. The zero-order chi connectivity index (χ0) is 16.2. The molecule has 0 spiro atoms. The topological polar surface area (TPSA) is 46.8 Å². The summed E-state index contributed by atoms with van der Waals surface area (Å²) in [6.07, 6.45) is 7.56. The first-order valence-corrected chi connectivity index (χ1v) is 8.52. The lowest BCUT2D eigenvalue weighted by Gasteiger charge is -2.34. The normalized spacial score (nSPS) is 18.6. The Morgan fingerprint density at radius 2 is 1.88 bits per heavy atom. The average Bonchev–Trinajstić information content (AvgIpc) is 3.12. The molecular weight excluding hydrogens is 298 g/mol. The molecule has 1 aromatic carbocycles. The minimum Gasteiger partial charge on any atom is -0.289 e. The maximum Gasteiger partial charge on any atom is 0.0972 e. The van der Waals surface area contributed by atoms with Crippen LogP contribution in [-0.2, 0) is 6.54 Å². The first-order chi connectivity index (χ1) is 11.9. The molecule has 1 atom stereocenters. The second-order valence-electron chi connectivity index (χ2n) is 6.23. The summed E-state index contributed by atoms with van der Waals surface area (Å²) in [6.45, 7) is 1.90. The number of rotatable bonds is 4. The van der Waals surface area contributed by atoms with Crippen LogP contribution in [0.15, 0.2) is 60.9 Å². The van der Waals surface area contributed by atoms with Crippen LogP contribution >= 0.6 is 0 Å². The summed E-state index contributed by atoms with van der Waals surface area (Å²) < 4.78 is 1.84. The molecule has 0 N–H and O–H groups in total. The Labute approximate surface area is 142 Å². The number of benzene rings is 1. The Morgan fingerprint density at radius 1 is 1.00 bits per heavy atom. The van der Waals surface area contributed by atoms with Crippen LogP contribution in [-0.4, -0.2) is 31.4 Å². The van der Waals surface area contributed by atoms with Gasteiger partial charge in [-0.1, -0.05) is 35.9 Å². The molecule has 0 amide bonds. The number of nitrogens with zero attached hydrogens (tertiary/aromatic N) is 5. The van der Waals surface area contributed by atoms with Gasteiger partial charge in [-0.05, 0) is 43.7 Å². The molecule has 4 rings (SSSR count). The molecule has 0 radical (unpaired) electrons. The van der Waals surface area contributed by atoms with Gasteiger partial charge < -0.3 is 0 Å². The third-order valence-corrected chi connectivity index (χ3v) is 4.57. The fourth-order valence-corrected chi connectivity index (χ4v) is 3.37. The molecule has 1 aliphatic heterocycles. The quantitative estimate of drug-likeness (QED) is 0.739. The van der Waals surface area contributed by atoms with Crippen molar-refractivity contribution in [3.63, 3.8) is 0 Å². The van der Waals surface area contributed by atoms with Gasteiger partial charge in [-0.3, -0.25) is 9.88 Å². The van der Waals surface area contributed by atoms with E-state index in [1.807, 2.05) is 53.5 Å². The summed E-state index contributed by atoms with van der Waals surface area (Å²) >= 11 is 0. The molecule has 0 aliphatic carbocycles. The number of aromatic nitrogens is 4. The Kier molecular flexibility index (Phi) is 4.34. The van der Waals surface area contributed by atoms with E-state index in [0.29, 0.717) is 6.04 Å². The van der Waals surface area contributed by atoms with Crippen LogP contribution in [0, 0.1) is 0 Å². The molecule has 1 aliphatic rings. The van der Waals surface area contributed by atoms with Gasteiger partial charge in [0.25, 0.3) is 0 Å². The van der Waals surface area contributed by atoms with E-state index in [4.69, 9.17) is 0 Å². The number of pyridine rings is 1. The SMILES string of the molecule is c1ccc(-n2cc(CN3CCCC[C@@H]3c3ccccn3)nn2)cc1. The van der Waals surface area contributed by atoms with Gasteiger partial charge in [-0.2, -0.15) is 0 Å². The molecule has 1 fully saturated rings. The van der Waals surface area contributed by atoms with E-state index in [1.54, 1.807) is 0 Å². The summed E-state index contributed by atoms with van der Waals surface area (Å²) in [5, 5.41) is 8.64. The van der Waals surface area contributed by atoms with Crippen molar-refractivity contribution in [2.24, 2.45) is 0 Å². The fraction of sp³-hybridized carbons (Fsp3) is 0.316. The van der Waals surface area contributed by atoms with Crippen LogP contribution in [0.2, 0.25) is 0 Å². The molecule has 2 aromatic heterocycles.